The monoisotopic (exact) mass is 377 g/mol. The summed E-state index contributed by atoms with van der Waals surface area (Å²) in [4.78, 5) is 31.5. The average Bonchev–Trinajstić information content (AvgIpc) is 2.79. The lowest BCUT2D eigenvalue weighted by molar-refractivity contribution is -0.0248. The first-order valence-corrected chi connectivity index (χ1v) is 8.88. The fourth-order valence-corrected chi connectivity index (χ4v) is 3.15. The number of aromatic nitrogens is 4. The van der Waals surface area contributed by atoms with Gasteiger partial charge in [0.15, 0.2) is 0 Å². The summed E-state index contributed by atoms with van der Waals surface area (Å²) >= 11 is 0. The molecule has 142 valence electrons. The van der Waals surface area contributed by atoms with Crippen LogP contribution >= 0.6 is 0 Å². The van der Waals surface area contributed by atoms with Crippen LogP contribution in [0, 0.1) is 0 Å². The van der Waals surface area contributed by atoms with E-state index in [2.05, 4.69) is 19.9 Å². The molecule has 2 aromatic heterocycles. The molecule has 1 atom stereocenters. The Morgan fingerprint density at radius 3 is 2.86 bits per heavy atom. The minimum Gasteiger partial charge on any atom is -0.497 e. The van der Waals surface area contributed by atoms with Crippen molar-refractivity contribution in [3.8, 4) is 17.0 Å². The van der Waals surface area contributed by atoms with Crippen molar-refractivity contribution in [2.45, 2.75) is 6.10 Å². The number of hydrogen-bond donors (Lipinski definition) is 0. The summed E-state index contributed by atoms with van der Waals surface area (Å²) < 4.78 is 11.2. The number of amides is 1. The minimum atomic E-state index is -0.385. The van der Waals surface area contributed by atoms with Gasteiger partial charge in [-0.1, -0.05) is 12.1 Å². The van der Waals surface area contributed by atoms with Crippen LogP contribution in [0.4, 0.5) is 0 Å². The van der Waals surface area contributed by atoms with Gasteiger partial charge in [-0.15, -0.1) is 0 Å². The molecule has 0 radical (unpaired) electrons. The van der Waals surface area contributed by atoms with Crippen molar-refractivity contribution in [3.05, 3.63) is 66.6 Å². The Balaban J connectivity index is 1.62. The van der Waals surface area contributed by atoms with Crippen LogP contribution < -0.4 is 4.74 Å². The largest absolute Gasteiger partial charge is 0.497 e. The van der Waals surface area contributed by atoms with Crippen molar-refractivity contribution in [2.24, 2.45) is 0 Å². The topological polar surface area (TPSA) is 90.3 Å². The van der Waals surface area contributed by atoms with E-state index in [1.54, 1.807) is 30.6 Å². The van der Waals surface area contributed by atoms with Gasteiger partial charge in [-0.25, -0.2) is 4.98 Å². The highest BCUT2D eigenvalue weighted by molar-refractivity contribution is 5.92. The number of carbonyl (C=O) groups excluding carboxylic acids is 1. The maximum absolute atomic E-state index is 12.7. The summed E-state index contributed by atoms with van der Waals surface area (Å²) in [5.41, 5.74) is 2.59. The van der Waals surface area contributed by atoms with E-state index in [1.807, 2.05) is 24.3 Å². The molecule has 1 aromatic carbocycles. The van der Waals surface area contributed by atoms with Gasteiger partial charge in [-0.2, -0.15) is 0 Å². The van der Waals surface area contributed by atoms with Gasteiger partial charge in [0.25, 0.3) is 5.91 Å². The number of hydrogen-bond acceptors (Lipinski definition) is 7. The fraction of sp³-hybridized carbons (Fsp3) is 0.250. The maximum atomic E-state index is 12.7. The SMILES string of the molecule is COc1cccc(-c2nccnc2[C@H]2CN(C(=O)c3cnccn3)CCO2)c1. The summed E-state index contributed by atoms with van der Waals surface area (Å²) in [6.07, 6.45) is 7.41. The number of morpholine rings is 1. The summed E-state index contributed by atoms with van der Waals surface area (Å²) in [5.74, 6) is 0.561. The maximum Gasteiger partial charge on any atom is 0.274 e. The number of ether oxygens (including phenoxy) is 2. The first kappa shape index (κ1) is 18.0. The minimum absolute atomic E-state index is 0.173. The van der Waals surface area contributed by atoms with Crippen LogP contribution in [0.1, 0.15) is 22.3 Å². The predicted molar refractivity (Wildman–Crippen MR) is 101 cm³/mol. The van der Waals surface area contributed by atoms with Crippen LogP contribution in [0.25, 0.3) is 11.3 Å². The number of methoxy groups -OCH3 is 1. The molecule has 0 spiro atoms. The van der Waals surface area contributed by atoms with Gasteiger partial charge in [0, 0.05) is 36.9 Å². The third-order valence-corrected chi connectivity index (χ3v) is 4.51. The highest BCUT2D eigenvalue weighted by Gasteiger charge is 2.29. The van der Waals surface area contributed by atoms with E-state index in [0.29, 0.717) is 36.8 Å². The van der Waals surface area contributed by atoms with Gasteiger partial charge >= 0.3 is 0 Å². The van der Waals surface area contributed by atoms with E-state index < -0.39 is 0 Å². The number of carbonyl (C=O) groups is 1. The molecule has 4 rings (SSSR count). The second-order valence-corrected chi connectivity index (χ2v) is 6.22. The number of rotatable bonds is 4. The molecule has 0 N–H and O–H groups in total. The predicted octanol–water partition coefficient (Wildman–Crippen LogP) is 2.16. The molecule has 28 heavy (non-hydrogen) atoms. The van der Waals surface area contributed by atoms with Gasteiger partial charge in [0.2, 0.25) is 0 Å². The lowest BCUT2D eigenvalue weighted by Gasteiger charge is -2.32. The van der Waals surface area contributed by atoms with Crippen LogP contribution in [0.15, 0.2) is 55.2 Å². The highest BCUT2D eigenvalue weighted by Crippen LogP contribution is 2.30. The van der Waals surface area contributed by atoms with E-state index in [-0.39, 0.29) is 12.0 Å². The molecule has 8 heteroatoms. The smallest absolute Gasteiger partial charge is 0.274 e. The lowest BCUT2D eigenvalue weighted by Crippen LogP contribution is -2.43. The van der Waals surface area contributed by atoms with E-state index in [9.17, 15) is 4.79 Å². The van der Waals surface area contributed by atoms with Gasteiger partial charge in [-0.3, -0.25) is 19.7 Å². The third-order valence-electron chi connectivity index (χ3n) is 4.51. The molecule has 1 aliphatic heterocycles. The standard InChI is InChI=1S/C20H19N5O3/c1-27-15-4-2-3-14(11-15)18-19(24-8-7-23-18)17-13-25(9-10-28-17)20(26)16-12-21-5-6-22-16/h2-8,11-12,17H,9-10,13H2,1H3/t17-/m1/s1. The Bertz CT molecular complexity index is 967. The Kier molecular flexibility index (Phi) is 5.20. The molecular formula is C20H19N5O3. The first-order chi connectivity index (χ1) is 13.8. The highest BCUT2D eigenvalue weighted by atomic mass is 16.5. The second kappa shape index (κ2) is 8.10. The summed E-state index contributed by atoms with van der Waals surface area (Å²) in [6, 6.07) is 7.62. The van der Waals surface area contributed by atoms with Crippen LogP contribution in [-0.2, 0) is 4.74 Å². The van der Waals surface area contributed by atoms with Crippen LogP contribution in [0.5, 0.6) is 5.75 Å². The Morgan fingerprint density at radius 2 is 2.04 bits per heavy atom. The zero-order valence-electron chi connectivity index (χ0n) is 15.4. The van der Waals surface area contributed by atoms with Crippen molar-refractivity contribution in [3.63, 3.8) is 0 Å². The molecule has 8 nitrogen and oxygen atoms in total. The van der Waals surface area contributed by atoms with Gasteiger partial charge in [0.05, 0.1) is 37.8 Å². The zero-order valence-corrected chi connectivity index (χ0v) is 15.4. The van der Waals surface area contributed by atoms with Crippen LogP contribution in [0.2, 0.25) is 0 Å². The molecular weight excluding hydrogens is 358 g/mol. The van der Waals surface area contributed by atoms with E-state index >= 15 is 0 Å². The molecule has 1 saturated heterocycles. The molecule has 1 fully saturated rings. The van der Waals surface area contributed by atoms with Crippen LogP contribution in [-0.4, -0.2) is 57.5 Å². The molecule has 1 aliphatic rings. The number of nitrogens with zero attached hydrogens (tertiary/aromatic N) is 5. The van der Waals surface area contributed by atoms with E-state index in [0.717, 1.165) is 11.3 Å². The summed E-state index contributed by atoms with van der Waals surface area (Å²) in [5, 5.41) is 0. The molecule has 3 heterocycles. The normalized spacial score (nSPS) is 16.6. The number of benzene rings is 1. The van der Waals surface area contributed by atoms with Crippen LogP contribution in [0.3, 0.4) is 0 Å². The summed E-state index contributed by atoms with van der Waals surface area (Å²) in [6.45, 7) is 1.26. The summed E-state index contributed by atoms with van der Waals surface area (Å²) in [7, 11) is 1.62. The molecule has 0 saturated carbocycles. The van der Waals surface area contributed by atoms with E-state index in [1.165, 1.54) is 12.4 Å². The van der Waals surface area contributed by atoms with Crippen molar-refractivity contribution in [1.82, 2.24) is 24.8 Å². The first-order valence-electron chi connectivity index (χ1n) is 8.88. The van der Waals surface area contributed by atoms with Gasteiger partial charge < -0.3 is 14.4 Å². The molecule has 0 unspecified atom stereocenters. The quantitative estimate of drug-likeness (QED) is 0.688. The van der Waals surface area contributed by atoms with Crippen molar-refractivity contribution < 1.29 is 14.3 Å². The Morgan fingerprint density at radius 1 is 1.18 bits per heavy atom. The van der Waals surface area contributed by atoms with E-state index in [4.69, 9.17) is 9.47 Å². The molecule has 3 aromatic rings. The fourth-order valence-electron chi connectivity index (χ4n) is 3.15. The molecule has 1 amide bonds. The Hall–Kier alpha value is -3.39. The molecule has 0 aliphatic carbocycles. The van der Waals surface area contributed by atoms with Gasteiger partial charge in [0.1, 0.15) is 17.5 Å². The average molecular weight is 377 g/mol. The Labute approximate surface area is 162 Å². The second-order valence-electron chi connectivity index (χ2n) is 6.22. The van der Waals surface area contributed by atoms with Gasteiger partial charge in [-0.05, 0) is 12.1 Å². The van der Waals surface area contributed by atoms with Crippen molar-refractivity contribution in [1.29, 1.82) is 0 Å². The lowest BCUT2D eigenvalue weighted by atomic mass is 10.0. The third kappa shape index (κ3) is 3.67. The van der Waals surface area contributed by atoms with Crippen molar-refractivity contribution >= 4 is 5.91 Å². The molecule has 0 bridgehead atoms. The zero-order chi connectivity index (χ0) is 19.3. The van der Waals surface area contributed by atoms with Crippen molar-refractivity contribution in [2.75, 3.05) is 26.8 Å².